The zero-order valence-corrected chi connectivity index (χ0v) is 11.7. The first-order chi connectivity index (χ1) is 8.66. The third-order valence-electron chi connectivity index (χ3n) is 3.58. The van der Waals surface area contributed by atoms with Crippen LogP contribution in [0.15, 0.2) is 12.1 Å². The van der Waals surface area contributed by atoms with E-state index in [1.54, 1.807) is 0 Å². The monoisotopic (exact) mass is 283 g/mol. The third kappa shape index (κ3) is 2.00. The average molecular weight is 284 g/mol. The first-order valence-electron chi connectivity index (χ1n) is 6.21. The van der Waals surface area contributed by atoms with Gasteiger partial charge < -0.3 is 9.88 Å². The van der Waals surface area contributed by atoms with E-state index in [0.29, 0.717) is 16.1 Å². The van der Waals surface area contributed by atoms with Crippen LogP contribution in [0.3, 0.4) is 0 Å². The van der Waals surface area contributed by atoms with Crippen LogP contribution >= 0.6 is 23.2 Å². The van der Waals surface area contributed by atoms with Crippen LogP contribution in [0.5, 0.6) is 0 Å². The summed E-state index contributed by atoms with van der Waals surface area (Å²) >= 11 is 12.2. The Balaban J connectivity index is 2.15. The highest BCUT2D eigenvalue weighted by Gasteiger charge is 2.20. The van der Waals surface area contributed by atoms with Crippen LogP contribution in [-0.4, -0.2) is 22.6 Å². The highest BCUT2D eigenvalue weighted by atomic mass is 35.5. The van der Waals surface area contributed by atoms with Crippen molar-refractivity contribution in [2.75, 3.05) is 13.1 Å². The summed E-state index contributed by atoms with van der Waals surface area (Å²) in [6.07, 6.45) is 2.26. The number of piperidine rings is 1. The van der Waals surface area contributed by atoms with Gasteiger partial charge in [0.15, 0.2) is 0 Å². The molecule has 0 bridgehead atoms. The maximum Gasteiger partial charge on any atom is 0.106 e. The first kappa shape index (κ1) is 12.3. The summed E-state index contributed by atoms with van der Waals surface area (Å²) in [6, 6.07) is 4.29. The van der Waals surface area contributed by atoms with E-state index >= 15 is 0 Å². The molecule has 1 N–H and O–H groups in total. The van der Waals surface area contributed by atoms with Crippen molar-refractivity contribution in [3.05, 3.63) is 28.0 Å². The predicted octanol–water partition coefficient (Wildman–Crippen LogP) is 3.58. The quantitative estimate of drug-likeness (QED) is 0.867. The topological polar surface area (TPSA) is 29.9 Å². The Hall–Kier alpha value is -0.770. The number of nitrogens with zero attached hydrogens (tertiary/aromatic N) is 2. The Bertz CT molecular complexity index is 585. The van der Waals surface area contributed by atoms with Gasteiger partial charge in [0.2, 0.25) is 0 Å². The Morgan fingerprint density at radius 2 is 1.89 bits per heavy atom. The number of fused-ring (bicyclic) bond motifs is 1. The van der Waals surface area contributed by atoms with Crippen molar-refractivity contribution in [3.63, 3.8) is 0 Å². The van der Waals surface area contributed by atoms with E-state index in [2.05, 4.69) is 14.9 Å². The van der Waals surface area contributed by atoms with Crippen LogP contribution in [0.4, 0.5) is 0 Å². The van der Waals surface area contributed by atoms with Crippen molar-refractivity contribution in [1.82, 2.24) is 14.9 Å². The minimum absolute atomic E-state index is 0.508. The van der Waals surface area contributed by atoms with Gasteiger partial charge in [0.1, 0.15) is 5.82 Å². The van der Waals surface area contributed by atoms with Crippen molar-refractivity contribution in [2.24, 2.45) is 0 Å². The lowest BCUT2D eigenvalue weighted by Gasteiger charge is -2.25. The van der Waals surface area contributed by atoms with Crippen LogP contribution in [0.1, 0.15) is 24.7 Å². The van der Waals surface area contributed by atoms with Crippen LogP contribution in [-0.2, 0) is 0 Å². The number of aromatic nitrogens is 2. The summed E-state index contributed by atoms with van der Waals surface area (Å²) in [4.78, 5) is 4.59. The fourth-order valence-corrected chi connectivity index (χ4v) is 3.05. The molecule has 3 rings (SSSR count). The highest BCUT2D eigenvalue weighted by Crippen LogP contribution is 2.32. The summed E-state index contributed by atoms with van der Waals surface area (Å²) in [7, 11) is 0. The summed E-state index contributed by atoms with van der Waals surface area (Å²) in [5.41, 5.74) is 2.02. The largest absolute Gasteiger partial charge is 0.325 e. The van der Waals surface area contributed by atoms with E-state index in [9.17, 15) is 0 Å². The van der Waals surface area contributed by atoms with Crippen LogP contribution in [0, 0.1) is 6.92 Å². The van der Waals surface area contributed by atoms with Gasteiger partial charge in [0, 0.05) is 6.04 Å². The van der Waals surface area contributed by atoms with Crippen molar-refractivity contribution in [2.45, 2.75) is 25.8 Å². The number of halogens is 2. The SMILES string of the molecule is Cc1nc2cc(Cl)c(Cl)cc2n1C1CCNCC1. The van der Waals surface area contributed by atoms with E-state index in [1.807, 2.05) is 19.1 Å². The molecule has 0 aliphatic carbocycles. The predicted molar refractivity (Wildman–Crippen MR) is 75.6 cm³/mol. The van der Waals surface area contributed by atoms with Crippen molar-refractivity contribution in [1.29, 1.82) is 0 Å². The van der Waals surface area contributed by atoms with Gasteiger partial charge in [-0.2, -0.15) is 0 Å². The first-order valence-corrected chi connectivity index (χ1v) is 6.96. The Morgan fingerprint density at radius 1 is 1.22 bits per heavy atom. The van der Waals surface area contributed by atoms with E-state index in [-0.39, 0.29) is 0 Å². The fourth-order valence-electron chi connectivity index (χ4n) is 2.74. The molecule has 1 aliphatic rings. The fraction of sp³-hybridized carbons (Fsp3) is 0.462. The number of aryl methyl sites for hydroxylation is 1. The van der Waals surface area contributed by atoms with Gasteiger partial charge >= 0.3 is 0 Å². The van der Waals surface area contributed by atoms with Crippen LogP contribution in [0.25, 0.3) is 11.0 Å². The molecule has 0 spiro atoms. The number of benzene rings is 1. The summed E-state index contributed by atoms with van der Waals surface area (Å²) in [5.74, 6) is 1.04. The maximum absolute atomic E-state index is 6.12. The molecular weight excluding hydrogens is 269 g/mol. The van der Waals surface area contributed by atoms with Gasteiger partial charge in [0.05, 0.1) is 21.1 Å². The number of rotatable bonds is 1. The molecule has 18 heavy (non-hydrogen) atoms. The summed E-state index contributed by atoms with van der Waals surface area (Å²) in [6.45, 7) is 4.17. The van der Waals surface area contributed by atoms with Gasteiger partial charge in [-0.3, -0.25) is 0 Å². The van der Waals surface area contributed by atoms with Crippen LogP contribution < -0.4 is 5.32 Å². The zero-order chi connectivity index (χ0) is 12.7. The smallest absolute Gasteiger partial charge is 0.106 e. The van der Waals surface area contributed by atoms with E-state index < -0.39 is 0 Å². The van der Waals surface area contributed by atoms with Crippen molar-refractivity contribution < 1.29 is 0 Å². The lowest BCUT2D eigenvalue weighted by molar-refractivity contribution is 0.370. The van der Waals surface area contributed by atoms with E-state index in [1.165, 1.54) is 0 Å². The molecule has 2 aromatic rings. The molecule has 96 valence electrons. The Kier molecular flexibility index (Phi) is 3.22. The average Bonchev–Trinajstić information content (AvgIpc) is 2.66. The number of hydrogen-bond donors (Lipinski definition) is 1. The summed E-state index contributed by atoms with van der Waals surface area (Å²) in [5, 5.41) is 4.55. The lowest BCUT2D eigenvalue weighted by atomic mass is 10.1. The molecule has 1 saturated heterocycles. The van der Waals surface area contributed by atoms with Gasteiger partial charge in [0.25, 0.3) is 0 Å². The number of nitrogens with one attached hydrogen (secondary N) is 1. The van der Waals surface area contributed by atoms with Crippen molar-refractivity contribution in [3.8, 4) is 0 Å². The van der Waals surface area contributed by atoms with Gasteiger partial charge in [-0.1, -0.05) is 23.2 Å². The highest BCUT2D eigenvalue weighted by molar-refractivity contribution is 6.42. The molecule has 0 radical (unpaired) electrons. The zero-order valence-electron chi connectivity index (χ0n) is 10.2. The second-order valence-electron chi connectivity index (χ2n) is 4.77. The second kappa shape index (κ2) is 4.72. The lowest BCUT2D eigenvalue weighted by Crippen LogP contribution is -2.29. The van der Waals surface area contributed by atoms with Gasteiger partial charge in [-0.05, 0) is 45.0 Å². The standard InChI is InChI=1S/C13H15Cl2N3/c1-8-17-12-6-10(14)11(15)7-13(12)18(8)9-2-4-16-5-3-9/h6-7,9,16H,2-5H2,1H3. The molecule has 3 nitrogen and oxygen atoms in total. The maximum atomic E-state index is 6.12. The van der Waals surface area contributed by atoms with E-state index in [0.717, 1.165) is 42.8 Å². The summed E-state index contributed by atoms with van der Waals surface area (Å²) < 4.78 is 2.30. The van der Waals surface area contributed by atoms with E-state index in [4.69, 9.17) is 23.2 Å². The minimum atomic E-state index is 0.508. The minimum Gasteiger partial charge on any atom is -0.325 e. The molecule has 1 aromatic heterocycles. The molecule has 0 saturated carbocycles. The molecule has 1 aliphatic heterocycles. The van der Waals surface area contributed by atoms with Crippen molar-refractivity contribution >= 4 is 34.2 Å². The molecule has 2 heterocycles. The molecule has 0 unspecified atom stereocenters. The van der Waals surface area contributed by atoms with Gasteiger partial charge in [-0.25, -0.2) is 4.98 Å². The molecule has 1 fully saturated rings. The Labute approximate surface area is 116 Å². The number of hydrogen-bond acceptors (Lipinski definition) is 2. The second-order valence-corrected chi connectivity index (χ2v) is 5.58. The molecule has 5 heteroatoms. The Morgan fingerprint density at radius 3 is 2.61 bits per heavy atom. The number of imidazole rings is 1. The molecule has 0 atom stereocenters. The molecule has 0 amide bonds. The molecule has 1 aromatic carbocycles. The molecular formula is C13H15Cl2N3. The normalized spacial score (nSPS) is 17.5. The van der Waals surface area contributed by atoms with Gasteiger partial charge in [-0.15, -0.1) is 0 Å². The van der Waals surface area contributed by atoms with Crippen LogP contribution in [0.2, 0.25) is 10.0 Å². The third-order valence-corrected chi connectivity index (χ3v) is 4.30.